The van der Waals surface area contributed by atoms with Crippen molar-refractivity contribution in [2.75, 3.05) is 5.32 Å². The highest BCUT2D eigenvalue weighted by Crippen LogP contribution is 2.20. The number of hydrogen-bond donors (Lipinski definition) is 2. The van der Waals surface area contributed by atoms with E-state index < -0.39 is 0 Å². The number of H-pyrrole nitrogens is 1. The van der Waals surface area contributed by atoms with Gasteiger partial charge in [-0.2, -0.15) is 5.10 Å². The number of nitrogens with zero attached hydrogens (tertiary/aromatic N) is 3. The van der Waals surface area contributed by atoms with Crippen LogP contribution in [0.25, 0.3) is 0 Å². The summed E-state index contributed by atoms with van der Waals surface area (Å²) in [6.07, 6.45) is 3.16. The third-order valence-corrected chi connectivity index (χ3v) is 2.76. The molecule has 0 aliphatic heterocycles. The summed E-state index contributed by atoms with van der Waals surface area (Å²) in [6, 6.07) is 0. The number of nitrogens with one attached hydrogen (secondary N) is 2. The van der Waals surface area contributed by atoms with Gasteiger partial charge in [-0.15, -0.1) is 5.10 Å². The van der Waals surface area contributed by atoms with E-state index in [1.807, 2.05) is 13.8 Å². The summed E-state index contributed by atoms with van der Waals surface area (Å²) in [5.74, 6) is -0.0102. The molecular weight excluding hydrogens is 226 g/mol. The van der Waals surface area contributed by atoms with E-state index in [-0.39, 0.29) is 11.8 Å². The molecule has 0 unspecified atom stereocenters. The molecule has 2 heterocycles. The Morgan fingerprint density at radius 2 is 2.38 bits per heavy atom. The van der Waals surface area contributed by atoms with Crippen molar-refractivity contribution in [2.24, 2.45) is 0 Å². The normalized spacial score (nSPS) is 10.7. The molecule has 0 aliphatic rings. The van der Waals surface area contributed by atoms with E-state index in [0.29, 0.717) is 10.6 Å². The largest absolute Gasteiger partial charge is 0.318 e. The fourth-order valence-electron chi connectivity index (χ4n) is 1.24. The van der Waals surface area contributed by atoms with Gasteiger partial charge in [0, 0.05) is 6.20 Å². The maximum atomic E-state index is 11.9. The Bertz CT molecular complexity index is 476. The van der Waals surface area contributed by atoms with Gasteiger partial charge in [-0.25, -0.2) is 0 Å². The Kier molecular flexibility index (Phi) is 2.95. The summed E-state index contributed by atoms with van der Waals surface area (Å²) >= 11 is 1.10. The number of amides is 1. The third-order valence-electron chi connectivity index (χ3n) is 2.02. The monoisotopic (exact) mass is 237 g/mol. The van der Waals surface area contributed by atoms with Crippen molar-refractivity contribution in [3.63, 3.8) is 0 Å². The lowest BCUT2D eigenvalue weighted by Gasteiger charge is -2.03. The Morgan fingerprint density at radius 3 is 3.00 bits per heavy atom. The first-order valence-corrected chi connectivity index (χ1v) is 5.58. The lowest BCUT2D eigenvalue weighted by molar-refractivity contribution is 0.102. The molecule has 0 atom stereocenters. The first-order valence-electron chi connectivity index (χ1n) is 4.81. The first kappa shape index (κ1) is 10.7. The molecule has 0 fully saturated rings. The molecular formula is C9H11N5OS. The minimum atomic E-state index is -0.194. The van der Waals surface area contributed by atoms with Crippen LogP contribution in [-0.2, 0) is 0 Å². The van der Waals surface area contributed by atoms with Gasteiger partial charge in [-0.3, -0.25) is 9.89 Å². The Morgan fingerprint density at radius 1 is 1.56 bits per heavy atom. The maximum absolute atomic E-state index is 11.9. The summed E-state index contributed by atoms with van der Waals surface area (Å²) in [5, 5.41) is 13.0. The van der Waals surface area contributed by atoms with Crippen LogP contribution >= 0.6 is 11.5 Å². The van der Waals surface area contributed by atoms with Crippen LogP contribution < -0.4 is 5.32 Å². The minimum Gasteiger partial charge on any atom is -0.318 e. The maximum Gasteiger partial charge on any atom is 0.269 e. The summed E-state index contributed by atoms with van der Waals surface area (Å²) in [6.45, 7) is 3.96. The lowest BCUT2D eigenvalue weighted by Crippen LogP contribution is -2.12. The number of anilines is 1. The molecule has 1 amide bonds. The van der Waals surface area contributed by atoms with Crippen LogP contribution in [0.4, 0.5) is 5.69 Å². The molecule has 0 radical (unpaired) electrons. The molecule has 0 saturated carbocycles. The molecule has 2 N–H and O–H groups in total. The molecule has 84 valence electrons. The minimum absolute atomic E-state index is 0.184. The van der Waals surface area contributed by atoms with Gasteiger partial charge >= 0.3 is 0 Å². The molecule has 7 heteroatoms. The molecule has 2 rings (SSSR count). The Hall–Kier alpha value is -1.76. The molecule has 0 aliphatic carbocycles. The van der Waals surface area contributed by atoms with Gasteiger partial charge < -0.3 is 5.32 Å². The zero-order valence-corrected chi connectivity index (χ0v) is 9.71. The van der Waals surface area contributed by atoms with Gasteiger partial charge in [-0.05, 0) is 17.5 Å². The second-order valence-electron chi connectivity index (χ2n) is 3.58. The number of carbonyl (C=O) groups is 1. The summed E-state index contributed by atoms with van der Waals surface area (Å²) in [5.41, 5.74) is 1.36. The molecule has 0 saturated heterocycles. The van der Waals surface area contributed by atoms with Gasteiger partial charge in [-0.1, -0.05) is 18.3 Å². The van der Waals surface area contributed by atoms with Gasteiger partial charge in [0.25, 0.3) is 5.91 Å². The predicted octanol–water partition coefficient (Wildman–Crippen LogP) is 1.64. The molecule has 2 aromatic rings. The second kappa shape index (κ2) is 4.40. The molecule has 2 aromatic heterocycles. The summed E-state index contributed by atoms with van der Waals surface area (Å²) < 4.78 is 3.80. The quantitative estimate of drug-likeness (QED) is 0.850. The average molecular weight is 237 g/mol. The zero-order valence-electron chi connectivity index (χ0n) is 8.89. The van der Waals surface area contributed by atoms with Crippen molar-refractivity contribution >= 4 is 23.1 Å². The third kappa shape index (κ3) is 2.08. The number of rotatable bonds is 3. The highest BCUT2D eigenvalue weighted by molar-refractivity contribution is 7.08. The van der Waals surface area contributed by atoms with Gasteiger partial charge in [0.2, 0.25) is 0 Å². The fourth-order valence-corrected chi connectivity index (χ4v) is 1.95. The van der Waals surface area contributed by atoms with E-state index in [9.17, 15) is 4.79 Å². The molecule has 6 nitrogen and oxygen atoms in total. The fraction of sp³-hybridized carbons (Fsp3) is 0.333. The highest BCUT2D eigenvalue weighted by Gasteiger charge is 2.18. The smallest absolute Gasteiger partial charge is 0.269 e. The number of carbonyl (C=O) groups excluding carboxylic acids is 1. The van der Waals surface area contributed by atoms with Crippen molar-refractivity contribution in [3.8, 4) is 0 Å². The van der Waals surface area contributed by atoms with E-state index >= 15 is 0 Å². The van der Waals surface area contributed by atoms with E-state index in [1.165, 1.54) is 0 Å². The second-order valence-corrected chi connectivity index (χ2v) is 4.34. The Balaban J connectivity index is 2.18. The average Bonchev–Trinajstić information content (AvgIpc) is 2.86. The number of aromatic nitrogens is 4. The molecule has 0 spiro atoms. The molecule has 16 heavy (non-hydrogen) atoms. The van der Waals surface area contributed by atoms with Gasteiger partial charge in [0.1, 0.15) is 4.88 Å². The number of hydrogen-bond acceptors (Lipinski definition) is 5. The van der Waals surface area contributed by atoms with Crippen molar-refractivity contribution in [3.05, 3.63) is 23.0 Å². The van der Waals surface area contributed by atoms with Crippen LogP contribution in [0.2, 0.25) is 0 Å². The summed E-state index contributed by atoms with van der Waals surface area (Å²) in [7, 11) is 0. The van der Waals surface area contributed by atoms with E-state index in [2.05, 4.69) is 25.1 Å². The molecule has 0 aromatic carbocycles. The van der Waals surface area contributed by atoms with E-state index in [1.54, 1.807) is 12.4 Å². The van der Waals surface area contributed by atoms with Crippen LogP contribution in [0.1, 0.15) is 35.1 Å². The molecule has 0 bridgehead atoms. The van der Waals surface area contributed by atoms with Gasteiger partial charge in [0.05, 0.1) is 17.6 Å². The SMILES string of the molecule is CC(C)c1nnsc1C(=O)Nc1cn[nH]c1. The van der Waals surface area contributed by atoms with Crippen LogP contribution in [0.15, 0.2) is 12.4 Å². The van der Waals surface area contributed by atoms with Crippen LogP contribution in [0.3, 0.4) is 0 Å². The zero-order chi connectivity index (χ0) is 11.5. The highest BCUT2D eigenvalue weighted by atomic mass is 32.1. The standard InChI is InChI=1S/C9H11N5OS/c1-5(2)7-8(16-14-13-7)9(15)12-6-3-10-11-4-6/h3-5H,1-2H3,(H,10,11)(H,12,15). The van der Waals surface area contributed by atoms with E-state index in [4.69, 9.17) is 0 Å². The van der Waals surface area contributed by atoms with Crippen LogP contribution in [0.5, 0.6) is 0 Å². The predicted molar refractivity (Wildman–Crippen MR) is 60.5 cm³/mol. The van der Waals surface area contributed by atoms with Crippen molar-refractivity contribution in [1.29, 1.82) is 0 Å². The van der Waals surface area contributed by atoms with Crippen molar-refractivity contribution < 1.29 is 4.79 Å². The topological polar surface area (TPSA) is 83.6 Å². The first-order chi connectivity index (χ1) is 7.68. The lowest BCUT2D eigenvalue weighted by atomic mass is 10.1. The summed E-state index contributed by atoms with van der Waals surface area (Å²) in [4.78, 5) is 12.4. The van der Waals surface area contributed by atoms with Crippen LogP contribution in [-0.4, -0.2) is 25.7 Å². The van der Waals surface area contributed by atoms with Crippen molar-refractivity contribution in [2.45, 2.75) is 19.8 Å². The Labute approximate surface area is 96.2 Å². The van der Waals surface area contributed by atoms with Gasteiger partial charge in [0.15, 0.2) is 0 Å². The van der Waals surface area contributed by atoms with Crippen molar-refractivity contribution in [1.82, 2.24) is 19.8 Å². The number of aromatic amines is 1. The van der Waals surface area contributed by atoms with E-state index in [0.717, 1.165) is 17.2 Å². The van der Waals surface area contributed by atoms with Crippen LogP contribution in [0, 0.1) is 0 Å².